The average Bonchev–Trinajstić information content (AvgIpc) is 2.99. The van der Waals surface area contributed by atoms with Gasteiger partial charge in [-0.2, -0.15) is 0 Å². The van der Waals surface area contributed by atoms with Crippen LogP contribution in [0.2, 0.25) is 0 Å². The molecule has 0 bridgehead atoms. The molecule has 0 spiro atoms. The molecular formula is C36H28N2. The quantitative estimate of drug-likeness (QED) is 0.238. The van der Waals surface area contributed by atoms with Gasteiger partial charge in [-0.05, 0) is 56.6 Å². The molecule has 6 aromatic rings. The lowest BCUT2D eigenvalue weighted by Gasteiger charge is -2.23. The van der Waals surface area contributed by atoms with Gasteiger partial charge >= 0.3 is 0 Å². The fourth-order valence-corrected chi connectivity index (χ4v) is 5.33. The molecule has 0 aliphatic rings. The normalized spacial score (nSPS) is 10.8. The molecule has 182 valence electrons. The molecule has 2 heteroatoms. The van der Waals surface area contributed by atoms with Crippen LogP contribution in [0.15, 0.2) is 146 Å². The summed E-state index contributed by atoms with van der Waals surface area (Å²) >= 11 is 0. The molecule has 4 N–H and O–H groups in total. The van der Waals surface area contributed by atoms with Gasteiger partial charge in [0.25, 0.3) is 0 Å². The molecule has 0 aliphatic carbocycles. The van der Waals surface area contributed by atoms with E-state index in [1.54, 1.807) is 0 Å². The third-order valence-electron chi connectivity index (χ3n) is 7.02. The number of nitrogen functional groups attached to an aromatic ring is 2. The standard InChI is InChI=1S/C36H28N2/c37-31-23-21-29(33(25-13-5-1-6-14-25)35(31)27-17-9-3-10-18-27)30-22-24-32(38)36(28-19-11-4-12-20-28)34(30)26-15-7-2-8-16-26/h1-24H,37-38H2. The van der Waals surface area contributed by atoms with Crippen LogP contribution in [0.1, 0.15) is 0 Å². The van der Waals surface area contributed by atoms with E-state index in [1.165, 1.54) is 0 Å². The highest BCUT2D eigenvalue weighted by Gasteiger charge is 2.22. The van der Waals surface area contributed by atoms with Crippen LogP contribution in [0.3, 0.4) is 0 Å². The van der Waals surface area contributed by atoms with Gasteiger partial charge < -0.3 is 11.5 Å². The lowest BCUT2D eigenvalue weighted by molar-refractivity contribution is 1.53. The second-order valence-corrected chi connectivity index (χ2v) is 9.37. The Labute approximate surface area is 223 Å². The van der Waals surface area contributed by atoms with Crippen LogP contribution in [0, 0.1) is 0 Å². The predicted molar refractivity (Wildman–Crippen MR) is 162 cm³/mol. The third-order valence-corrected chi connectivity index (χ3v) is 7.02. The molecular weight excluding hydrogens is 460 g/mol. The van der Waals surface area contributed by atoms with E-state index in [2.05, 4.69) is 109 Å². The highest BCUT2D eigenvalue weighted by Crippen LogP contribution is 2.49. The lowest BCUT2D eigenvalue weighted by Crippen LogP contribution is -2.00. The Morgan fingerprint density at radius 2 is 0.526 bits per heavy atom. The van der Waals surface area contributed by atoms with Crippen LogP contribution in [0.4, 0.5) is 11.4 Å². The van der Waals surface area contributed by atoms with Crippen LogP contribution in [0.5, 0.6) is 0 Å². The molecule has 0 saturated carbocycles. The molecule has 0 fully saturated rings. The van der Waals surface area contributed by atoms with Gasteiger partial charge in [0.15, 0.2) is 0 Å². The molecule has 6 rings (SSSR count). The van der Waals surface area contributed by atoms with Crippen molar-refractivity contribution in [2.45, 2.75) is 0 Å². The predicted octanol–water partition coefficient (Wildman–Crippen LogP) is 9.19. The van der Waals surface area contributed by atoms with E-state index >= 15 is 0 Å². The molecule has 6 aromatic carbocycles. The average molecular weight is 489 g/mol. The zero-order valence-corrected chi connectivity index (χ0v) is 21.0. The second-order valence-electron chi connectivity index (χ2n) is 9.37. The molecule has 0 heterocycles. The number of benzene rings is 6. The summed E-state index contributed by atoms with van der Waals surface area (Å²) in [5, 5.41) is 0. The Balaban J connectivity index is 1.75. The second kappa shape index (κ2) is 10.1. The van der Waals surface area contributed by atoms with Crippen molar-refractivity contribution in [1.29, 1.82) is 0 Å². The van der Waals surface area contributed by atoms with E-state index < -0.39 is 0 Å². The van der Waals surface area contributed by atoms with E-state index in [0.29, 0.717) is 0 Å². The molecule has 38 heavy (non-hydrogen) atoms. The number of anilines is 2. The number of nitrogens with two attached hydrogens (primary N) is 2. The highest BCUT2D eigenvalue weighted by atomic mass is 14.6. The number of rotatable bonds is 5. The zero-order valence-electron chi connectivity index (χ0n) is 21.0. The van der Waals surface area contributed by atoms with E-state index in [1.807, 2.05) is 36.4 Å². The molecule has 0 radical (unpaired) electrons. The van der Waals surface area contributed by atoms with Crippen molar-refractivity contribution in [3.05, 3.63) is 146 Å². The maximum atomic E-state index is 6.71. The molecule has 0 saturated heterocycles. The third kappa shape index (κ3) is 4.23. The minimum absolute atomic E-state index is 0.749. The summed E-state index contributed by atoms with van der Waals surface area (Å²) in [6.45, 7) is 0. The summed E-state index contributed by atoms with van der Waals surface area (Å²) in [6.07, 6.45) is 0. The van der Waals surface area contributed by atoms with Crippen LogP contribution >= 0.6 is 0 Å². The van der Waals surface area contributed by atoms with Gasteiger partial charge in [0, 0.05) is 22.5 Å². The van der Waals surface area contributed by atoms with Gasteiger partial charge in [-0.3, -0.25) is 0 Å². The first-order valence-corrected chi connectivity index (χ1v) is 12.8. The minimum atomic E-state index is 0.749. The molecule has 0 amide bonds. The number of hydrogen-bond donors (Lipinski definition) is 2. The van der Waals surface area contributed by atoms with Gasteiger partial charge in [0.2, 0.25) is 0 Å². The molecule has 2 nitrogen and oxygen atoms in total. The maximum absolute atomic E-state index is 6.71. The van der Waals surface area contributed by atoms with Gasteiger partial charge in [-0.15, -0.1) is 0 Å². The Morgan fingerprint density at radius 1 is 0.263 bits per heavy atom. The van der Waals surface area contributed by atoms with Crippen molar-refractivity contribution in [2.75, 3.05) is 11.5 Å². The van der Waals surface area contributed by atoms with Crippen LogP contribution in [0.25, 0.3) is 55.6 Å². The van der Waals surface area contributed by atoms with Crippen molar-refractivity contribution in [1.82, 2.24) is 0 Å². The van der Waals surface area contributed by atoms with Crippen molar-refractivity contribution in [3.63, 3.8) is 0 Å². The van der Waals surface area contributed by atoms with Gasteiger partial charge in [-0.25, -0.2) is 0 Å². The van der Waals surface area contributed by atoms with E-state index in [0.717, 1.165) is 67.0 Å². The monoisotopic (exact) mass is 488 g/mol. The molecule has 0 aromatic heterocycles. The van der Waals surface area contributed by atoms with Gasteiger partial charge in [0.05, 0.1) is 0 Å². The summed E-state index contributed by atoms with van der Waals surface area (Å²) in [6, 6.07) is 50.2. The first kappa shape index (κ1) is 23.3. The number of hydrogen-bond acceptors (Lipinski definition) is 2. The van der Waals surface area contributed by atoms with Crippen molar-refractivity contribution in [2.24, 2.45) is 0 Å². The molecule has 0 atom stereocenters. The van der Waals surface area contributed by atoms with E-state index in [9.17, 15) is 0 Å². The molecule has 0 unspecified atom stereocenters. The van der Waals surface area contributed by atoms with Gasteiger partial charge in [0.1, 0.15) is 0 Å². The summed E-state index contributed by atoms with van der Waals surface area (Å²) in [7, 11) is 0. The van der Waals surface area contributed by atoms with Crippen LogP contribution < -0.4 is 11.5 Å². The highest BCUT2D eigenvalue weighted by molar-refractivity contribution is 6.06. The Morgan fingerprint density at radius 3 is 0.816 bits per heavy atom. The van der Waals surface area contributed by atoms with Crippen LogP contribution in [-0.2, 0) is 0 Å². The summed E-state index contributed by atoms with van der Waals surface area (Å²) in [4.78, 5) is 0. The Hall–Kier alpha value is -5.08. The SMILES string of the molecule is Nc1ccc(-c2ccc(N)c(-c3ccccc3)c2-c2ccccc2)c(-c2ccccc2)c1-c1ccccc1. The Kier molecular flexibility index (Phi) is 6.21. The zero-order chi connectivity index (χ0) is 25.9. The smallest absolute Gasteiger partial charge is 0.0400 e. The molecule has 0 aliphatic heterocycles. The minimum Gasteiger partial charge on any atom is -0.398 e. The summed E-state index contributed by atoms with van der Waals surface area (Å²) < 4.78 is 0. The van der Waals surface area contributed by atoms with Crippen LogP contribution in [-0.4, -0.2) is 0 Å². The first-order chi connectivity index (χ1) is 18.7. The van der Waals surface area contributed by atoms with Crippen molar-refractivity contribution >= 4 is 11.4 Å². The van der Waals surface area contributed by atoms with E-state index in [4.69, 9.17) is 11.5 Å². The maximum Gasteiger partial charge on any atom is 0.0400 e. The fraction of sp³-hybridized carbons (Fsp3) is 0. The van der Waals surface area contributed by atoms with Gasteiger partial charge in [-0.1, -0.05) is 133 Å². The first-order valence-electron chi connectivity index (χ1n) is 12.8. The topological polar surface area (TPSA) is 52.0 Å². The largest absolute Gasteiger partial charge is 0.398 e. The van der Waals surface area contributed by atoms with E-state index in [-0.39, 0.29) is 0 Å². The summed E-state index contributed by atoms with van der Waals surface area (Å²) in [5.41, 5.74) is 25.8. The summed E-state index contributed by atoms with van der Waals surface area (Å²) in [5.74, 6) is 0. The lowest BCUT2D eigenvalue weighted by atomic mass is 9.81. The van der Waals surface area contributed by atoms with Crippen molar-refractivity contribution < 1.29 is 0 Å². The van der Waals surface area contributed by atoms with Crippen molar-refractivity contribution in [3.8, 4) is 55.6 Å². The fourth-order valence-electron chi connectivity index (χ4n) is 5.33. The Bertz CT molecular complexity index is 1560.